The zero-order valence-electron chi connectivity index (χ0n) is 14.4. The highest BCUT2D eigenvalue weighted by Crippen LogP contribution is 2.12. The van der Waals surface area contributed by atoms with Gasteiger partial charge in [0.25, 0.3) is 16.1 Å². The molecule has 1 aromatic rings. The van der Waals surface area contributed by atoms with Crippen LogP contribution in [-0.2, 0) is 15.0 Å². The fraction of sp³-hybridized carbons (Fsp3) is 0.500. The van der Waals surface area contributed by atoms with Gasteiger partial charge in [-0.25, -0.2) is 0 Å². The molecule has 1 aliphatic heterocycles. The quantitative estimate of drug-likeness (QED) is 0.727. The summed E-state index contributed by atoms with van der Waals surface area (Å²) in [5, 5.41) is 2.61. The molecule has 25 heavy (non-hydrogen) atoms. The van der Waals surface area contributed by atoms with Crippen LogP contribution in [0.25, 0.3) is 0 Å². The SMILES string of the molecule is CN(C)S(=O)(=O)NC1CCN(C(=O)CNC(=O)c2ccccc2)CC1. The second kappa shape index (κ2) is 8.41. The van der Waals surface area contributed by atoms with Crippen LogP contribution in [0.5, 0.6) is 0 Å². The molecule has 0 unspecified atom stereocenters. The van der Waals surface area contributed by atoms with Crippen molar-refractivity contribution in [3.63, 3.8) is 0 Å². The second-order valence-electron chi connectivity index (χ2n) is 6.11. The van der Waals surface area contributed by atoms with E-state index < -0.39 is 10.2 Å². The number of nitrogens with zero attached hydrogens (tertiary/aromatic N) is 2. The van der Waals surface area contributed by atoms with E-state index in [9.17, 15) is 18.0 Å². The molecular weight excluding hydrogens is 344 g/mol. The molecular formula is C16H24N4O4S. The number of carbonyl (C=O) groups is 2. The van der Waals surface area contributed by atoms with Crippen molar-refractivity contribution >= 4 is 22.0 Å². The number of amides is 2. The lowest BCUT2D eigenvalue weighted by Gasteiger charge is -2.32. The smallest absolute Gasteiger partial charge is 0.279 e. The van der Waals surface area contributed by atoms with Crippen molar-refractivity contribution in [2.45, 2.75) is 18.9 Å². The highest BCUT2D eigenvalue weighted by molar-refractivity contribution is 7.87. The predicted octanol–water partition coefficient (Wildman–Crippen LogP) is -0.197. The molecule has 0 radical (unpaired) electrons. The molecule has 2 rings (SSSR count). The minimum atomic E-state index is -3.46. The molecule has 1 fully saturated rings. The Hall–Kier alpha value is -1.97. The maximum atomic E-state index is 12.2. The summed E-state index contributed by atoms with van der Waals surface area (Å²) in [6, 6.07) is 8.52. The van der Waals surface area contributed by atoms with Gasteiger partial charge < -0.3 is 10.2 Å². The van der Waals surface area contributed by atoms with Gasteiger partial charge in [-0.2, -0.15) is 17.4 Å². The fourth-order valence-corrected chi connectivity index (χ4v) is 3.39. The molecule has 0 aliphatic carbocycles. The minimum Gasteiger partial charge on any atom is -0.343 e. The van der Waals surface area contributed by atoms with Gasteiger partial charge in [0.2, 0.25) is 5.91 Å². The number of hydrogen-bond donors (Lipinski definition) is 2. The predicted molar refractivity (Wildman–Crippen MR) is 94.1 cm³/mol. The van der Waals surface area contributed by atoms with Crippen LogP contribution in [-0.4, -0.2) is 69.2 Å². The third kappa shape index (κ3) is 5.52. The average Bonchev–Trinajstić information content (AvgIpc) is 2.60. The number of nitrogens with one attached hydrogen (secondary N) is 2. The number of hydrogen-bond acceptors (Lipinski definition) is 4. The fourth-order valence-electron chi connectivity index (χ4n) is 2.52. The van der Waals surface area contributed by atoms with Gasteiger partial charge in [0.05, 0.1) is 6.54 Å². The second-order valence-corrected chi connectivity index (χ2v) is 8.03. The number of carbonyl (C=O) groups excluding carboxylic acids is 2. The van der Waals surface area contributed by atoms with Gasteiger partial charge in [-0.15, -0.1) is 0 Å². The van der Waals surface area contributed by atoms with Gasteiger partial charge >= 0.3 is 0 Å². The molecule has 1 aromatic carbocycles. The number of piperidine rings is 1. The van der Waals surface area contributed by atoms with E-state index in [1.165, 1.54) is 14.1 Å². The number of rotatable bonds is 6. The third-order valence-electron chi connectivity index (χ3n) is 4.08. The van der Waals surface area contributed by atoms with Gasteiger partial charge in [-0.1, -0.05) is 18.2 Å². The summed E-state index contributed by atoms with van der Waals surface area (Å²) >= 11 is 0. The number of likely N-dealkylation sites (tertiary alicyclic amines) is 1. The maximum Gasteiger partial charge on any atom is 0.279 e. The van der Waals surface area contributed by atoms with Crippen molar-refractivity contribution < 1.29 is 18.0 Å². The molecule has 0 bridgehead atoms. The monoisotopic (exact) mass is 368 g/mol. The van der Waals surface area contributed by atoms with Crippen molar-refractivity contribution in [2.75, 3.05) is 33.7 Å². The Kier molecular flexibility index (Phi) is 6.51. The zero-order chi connectivity index (χ0) is 18.4. The van der Waals surface area contributed by atoms with Gasteiger partial charge in [0, 0.05) is 38.8 Å². The normalized spacial score (nSPS) is 16.0. The van der Waals surface area contributed by atoms with E-state index in [1.54, 1.807) is 29.2 Å². The van der Waals surface area contributed by atoms with Crippen molar-refractivity contribution in [1.29, 1.82) is 0 Å². The van der Waals surface area contributed by atoms with Crippen molar-refractivity contribution in [1.82, 2.24) is 19.2 Å². The van der Waals surface area contributed by atoms with Crippen molar-refractivity contribution in [3.05, 3.63) is 35.9 Å². The molecule has 0 atom stereocenters. The van der Waals surface area contributed by atoms with Crippen molar-refractivity contribution in [2.24, 2.45) is 0 Å². The maximum absolute atomic E-state index is 12.2. The summed E-state index contributed by atoms with van der Waals surface area (Å²) in [6.45, 7) is 0.850. The molecule has 138 valence electrons. The molecule has 2 amide bonds. The highest BCUT2D eigenvalue weighted by atomic mass is 32.2. The Morgan fingerprint density at radius 2 is 1.76 bits per heavy atom. The van der Waals surface area contributed by atoms with E-state index in [4.69, 9.17) is 0 Å². The van der Waals surface area contributed by atoms with E-state index >= 15 is 0 Å². The summed E-state index contributed by atoms with van der Waals surface area (Å²) in [7, 11) is -0.527. The first-order valence-corrected chi connectivity index (χ1v) is 9.54. The van der Waals surface area contributed by atoms with Crippen LogP contribution in [0.4, 0.5) is 0 Å². The van der Waals surface area contributed by atoms with Crippen LogP contribution in [0, 0.1) is 0 Å². The first-order valence-electron chi connectivity index (χ1n) is 8.10. The van der Waals surface area contributed by atoms with E-state index in [0.29, 0.717) is 31.5 Å². The van der Waals surface area contributed by atoms with Crippen LogP contribution >= 0.6 is 0 Å². The molecule has 1 heterocycles. The molecule has 9 heteroatoms. The summed E-state index contributed by atoms with van der Waals surface area (Å²) < 4.78 is 27.4. The Balaban J connectivity index is 1.77. The van der Waals surface area contributed by atoms with Crippen LogP contribution in [0.3, 0.4) is 0 Å². The molecule has 1 aliphatic rings. The first kappa shape index (κ1) is 19.4. The minimum absolute atomic E-state index is 0.0676. The van der Waals surface area contributed by atoms with Gasteiger partial charge in [0.15, 0.2) is 0 Å². The van der Waals surface area contributed by atoms with Crippen LogP contribution in [0.1, 0.15) is 23.2 Å². The van der Waals surface area contributed by atoms with Crippen LogP contribution in [0.2, 0.25) is 0 Å². The van der Waals surface area contributed by atoms with Gasteiger partial charge in [0.1, 0.15) is 0 Å². The van der Waals surface area contributed by atoms with Crippen LogP contribution in [0.15, 0.2) is 30.3 Å². The third-order valence-corrected chi connectivity index (χ3v) is 5.67. The lowest BCUT2D eigenvalue weighted by Crippen LogP contribution is -2.50. The average molecular weight is 368 g/mol. The van der Waals surface area contributed by atoms with Crippen LogP contribution < -0.4 is 10.0 Å². The van der Waals surface area contributed by atoms with E-state index in [0.717, 1.165) is 4.31 Å². The van der Waals surface area contributed by atoms with E-state index in [2.05, 4.69) is 10.0 Å². The summed E-state index contributed by atoms with van der Waals surface area (Å²) in [5.74, 6) is -0.458. The molecule has 1 saturated heterocycles. The summed E-state index contributed by atoms with van der Waals surface area (Å²) in [5.41, 5.74) is 0.507. The van der Waals surface area contributed by atoms with Gasteiger partial charge in [-0.3, -0.25) is 9.59 Å². The summed E-state index contributed by atoms with van der Waals surface area (Å²) in [6.07, 6.45) is 1.09. The lowest BCUT2D eigenvalue weighted by molar-refractivity contribution is -0.131. The Labute approximate surface area is 148 Å². The first-order chi connectivity index (χ1) is 11.8. The summed E-state index contributed by atoms with van der Waals surface area (Å²) in [4.78, 5) is 25.8. The highest BCUT2D eigenvalue weighted by Gasteiger charge is 2.26. The van der Waals surface area contributed by atoms with E-state index in [-0.39, 0.29) is 24.4 Å². The largest absolute Gasteiger partial charge is 0.343 e. The molecule has 0 aromatic heterocycles. The molecule has 0 spiro atoms. The molecule has 8 nitrogen and oxygen atoms in total. The van der Waals surface area contributed by atoms with Crippen molar-refractivity contribution in [3.8, 4) is 0 Å². The lowest BCUT2D eigenvalue weighted by atomic mass is 10.1. The Morgan fingerprint density at radius 1 is 1.16 bits per heavy atom. The topological polar surface area (TPSA) is 98.8 Å². The number of benzene rings is 1. The Morgan fingerprint density at radius 3 is 2.32 bits per heavy atom. The molecule has 0 saturated carbocycles. The zero-order valence-corrected chi connectivity index (χ0v) is 15.3. The van der Waals surface area contributed by atoms with E-state index in [1.807, 2.05) is 6.07 Å². The molecule has 2 N–H and O–H groups in total. The standard InChI is InChI=1S/C16H24N4O4S/c1-19(2)25(23,24)18-14-8-10-20(11-9-14)15(21)12-17-16(22)13-6-4-3-5-7-13/h3-7,14,18H,8-12H2,1-2H3,(H,17,22). The Bertz CT molecular complexity index is 698. The van der Waals surface area contributed by atoms with Gasteiger partial charge in [-0.05, 0) is 25.0 Å².